The fourth-order valence-electron chi connectivity index (χ4n) is 6.01. The molecule has 3 aromatic rings. The van der Waals surface area contributed by atoms with Crippen molar-refractivity contribution in [2.24, 2.45) is 11.5 Å². The molecule has 2 amide bonds. The predicted molar refractivity (Wildman–Crippen MR) is 148 cm³/mol. The Morgan fingerprint density at radius 2 is 1.71 bits per heavy atom. The normalized spacial score (nSPS) is 19.7. The Kier molecular flexibility index (Phi) is 7.56. The summed E-state index contributed by atoms with van der Waals surface area (Å²) in [6.07, 6.45) is 5.11. The smallest absolute Gasteiger partial charge is 0.234 e. The van der Waals surface area contributed by atoms with Crippen LogP contribution in [0.4, 0.5) is 0 Å². The molecule has 38 heavy (non-hydrogen) atoms. The highest BCUT2D eigenvalue weighted by Gasteiger charge is 2.33. The van der Waals surface area contributed by atoms with Gasteiger partial charge in [0.25, 0.3) is 0 Å². The molecule has 2 aliphatic rings. The van der Waals surface area contributed by atoms with E-state index in [2.05, 4.69) is 11.1 Å². The summed E-state index contributed by atoms with van der Waals surface area (Å²) in [6.45, 7) is 1.93. The highest BCUT2D eigenvalue weighted by molar-refractivity contribution is 7.89. The van der Waals surface area contributed by atoms with Gasteiger partial charge in [-0.05, 0) is 72.5 Å². The standard InChI is InChI=1S/C28H35N5O4S/c29-26(34)17-22-15-21(19-5-2-1-3-6-19)16-23-24(18-31-27(22)23)20-8-11-33(12-9-20)38(36,37)14-13-32-10-4-7-25(32)28(30)35/h1-3,5-6,15-16,18,20,25,31H,4,7-14,17H2,(H2,29,34)(H2,30,35)/t25-/m0/s1. The molecule has 0 aliphatic carbocycles. The number of piperidine rings is 1. The van der Waals surface area contributed by atoms with E-state index in [9.17, 15) is 18.0 Å². The first-order chi connectivity index (χ1) is 18.2. The van der Waals surface area contributed by atoms with Crippen LogP contribution in [0.25, 0.3) is 22.0 Å². The summed E-state index contributed by atoms with van der Waals surface area (Å²) in [7, 11) is -3.44. The molecule has 3 heterocycles. The lowest BCUT2D eigenvalue weighted by Crippen LogP contribution is -2.45. The number of nitrogens with zero attached hydrogens (tertiary/aromatic N) is 2. The zero-order valence-corrected chi connectivity index (χ0v) is 22.3. The van der Waals surface area contributed by atoms with Crippen molar-refractivity contribution in [3.63, 3.8) is 0 Å². The molecule has 9 nitrogen and oxygen atoms in total. The molecule has 5 N–H and O–H groups in total. The molecule has 2 fully saturated rings. The highest BCUT2D eigenvalue weighted by atomic mass is 32.2. The van der Waals surface area contributed by atoms with Crippen molar-refractivity contribution >= 4 is 32.7 Å². The Morgan fingerprint density at radius 1 is 0.974 bits per heavy atom. The van der Waals surface area contributed by atoms with Gasteiger partial charge in [-0.1, -0.05) is 30.3 Å². The third kappa shape index (κ3) is 5.48. The van der Waals surface area contributed by atoms with Gasteiger partial charge in [0.15, 0.2) is 0 Å². The molecule has 0 spiro atoms. The van der Waals surface area contributed by atoms with E-state index in [0.717, 1.165) is 39.6 Å². The first kappa shape index (κ1) is 26.4. The van der Waals surface area contributed by atoms with Crippen LogP contribution in [0.1, 0.15) is 42.7 Å². The number of carbonyl (C=O) groups is 2. The van der Waals surface area contributed by atoms with Crippen molar-refractivity contribution in [1.82, 2.24) is 14.2 Å². The molecule has 1 aromatic heterocycles. The molecule has 10 heteroatoms. The second kappa shape index (κ2) is 10.9. The molecule has 2 saturated heterocycles. The number of aromatic nitrogens is 1. The van der Waals surface area contributed by atoms with E-state index in [1.54, 1.807) is 4.31 Å². The van der Waals surface area contributed by atoms with Crippen LogP contribution >= 0.6 is 0 Å². The fourth-order valence-corrected chi connectivity index (χ4v) is 7.50. The summed E-state index contributed by atoms with van der Waals surface area (Å²) in [6, 6.07) is 13.8. The summed E-state index contributed by atoms with van der Waals surface area (Å²) >= 11 is 0. The van der Waals surface area contributed by atoms with Crippen LogP contribution in [-0.4, -0.2) is 72.4 Å². The van der Waals surface area contributed by atoms with Gasteiger partial charge < -0.3 is 16.5 Å². The van der Waals surface area contributed by atoms with Crippen LogP contribution in [0.3, 0.4) is 0 Å². The number of benzene rings is 2. The Labute approximate surface area is 223 Å². The number of fused-ring (bicyclic) bond motifs is 1. The van der Waals surface area contributed by atoms with Gasteiger partial charge in [-0.15, -0.1) is 0 Å². The van der Waals surface area contributed by atoms with E-state index in [4.69, 9.17) is 11.5 Å². The maximum Gasteiger partial charge on any atom is 0.234 e. The summed E-state index contributed by atoms with van der Waals surface area (Å²) in [5.41, 5.74) is 16.0. The number of H-pyrrole nitrogens is 1. The van der Waals surface area contributed by atoms with Gasteiger partial charge in [0, 0.05) is 36.7 Å². The van der Waals surface area contributed by atoms with E-state index >= 15 is 0 Å². The lowest BCUT2D eigenvalue weighted by molar-refractivity contribution is -0.122. The van der Waals surface area contributed by atoms with Crippen LogP contribution in [0.5, 0.6) is 0 Å². The number of sulfonamides is 1. The molecule has 0 unspecified atom stereocenters. The van der Waals surface area contributed by atoms with Crippen molar-refractivity contribution in [2.45, 2.75) is 44.1 Å². The van der Waals surface area contributed by atoms with Crippen LogP contribution in [0.2, 0.25) is 0 Å². The van der Waals surface area contributed by atoms with E-state index in [0.29, 0.717) is 45.4 Å². The van der Waals surface area contributed by atoms with Crippen LogP contribution in [0, 0.1) is 0 Å². The molecular formula is C28H35N5O4S. The van der Waals surface area contributed by atoms with Gasteiger partial charge >= 0.3 is 0 Å². The lowest BCUT2D eigenvalue weighted by atomic mass is 9.88. The van der Waals surface area contributed by atoms with Gasteiger partial charge in [0.05, 0.1) is 18.2 Å². The van der Waals surface area contributed by atoms with E-state index < -0.39 is 10.0 Å². The largest absolute Gasteiger partial charge is 0.369 e. The average molecular weight is 538 g/mol. The average Bonchev–Trinajstić information content (AvgIpc) is 3.55. The first-order valence-corrected chi connectivity index (χ1v) is 14.8. The zero-order valence-electron chi connectivity index (χ0n) is 21.4. The van der Waals surface area contributed by atoms with Gasteiger partial charge in [-0.2, -0.15) is 0 Å². The van der Waals surface area contributed by atoms with Crippen molar-refractivity contribution in [3.05, 3.63) is 59.8 Å². The highest BCUT2D eigenvalue weighted by Crippen LogP contribution is 2.37. The Bertz CT molecular complexity index is 1430. The van der Waals surface area contributed by atoms with Gasteiger partial charge in [-0.25, -0.2) is 12.7 Å². The number of amides is 2. The number of hydrogen-bond donors (Lipinski definition) is 3. The fraction of sp³-hybridized carbons (Fsp3) is 0.429. The van der Waals surface area contributed by atoms with Crippen molar-refractivity contribution in [3.8, 4) is 11.1 Å². The minimum absolute atomic E-state index is 0.00849. The zero-order chi connectivity index (χ0) is 26.9. The molecule has 1 atom stereocenters. The van der Waals surface area contributed by atoms with Gasteiger partial charge in [0.2, 0.25) is 21.8 Å². The molecule has 5 rings (SSSR count). The summed E-state index contributed by atoms with van der Waals surface area (Å²) in [5, 5.41) is 1.05. The van der Waals surface area contributed by atoms with Crippen molar-refractivity contribution in [1.29, 1.82) is 0 Å². The van der Waals surface area contributed by atoms with Crippen LogP contribution in [0.15, 0.2) is 48.7 Å². The van der Waals surface area contributed by atoms with Gasteiger partial charge in [0.1, 0.15) is 0 Å². The van der Waals surface area contributed by atoms with Crippen LogP contribution < -0.4 is 11.5 Å². The monoisotopic (exact) mass is 537 g/mol. The SMILES string of the molecule is NC(=O)Cc1cc(-c2ccccc2)cc2c(C3CCN(S(=O)(=O)CCN4CCC[C@H]4C(N)=O)CC3)c[nH]c12. The molecule has 0 saturated carbocycles. The second-order valence-corrected chi connectivity index (χ2v) is 12.5. The maximum absolute atomic E-state index is 13.1. The van der Waals surface area contributed by atoms with Gasteiger partial charge in [-0.3, -0.25) is 14.5 Å². The number of hydrogen-bond acceptors (Lipinski definition) is 5. The Balaban J connectivity index is 1.32. The lowest BCUT2D eigenvalue weighted by Gasteiger charge is -2.32. The maximum atomic E-state index is 13.1. The molecule has 2 aliphatic heterocycles. The third-order valence-corrected chi connectivity index (χ3v) is 9.84. The third-order valence-electron chi connectivity index (χ3n) is 7.99. The van der Waals surface area contributed by atoms with Crippen molar-refractivity contribution in [2.75, 3.05) is 31.9 Å². The van der Waals surface area contributed by atoms with E-state index in [-0.39, 0.29) is 35.9 Å². The number of nitrogens with one attached hydrogen (secondary N) is 1. The summed E-state index contributed by atoms with van der Waals surface area (Å²) in [4.78, 5) is 28.7. The molecule has 0 bridgehead atoms. The number of carbonyl (C=O) groups excluding carboxylic acids is 2. The molecule has 0 radical (unpaired) electrons. The Hall–Kier alpha value is -3.21. The number of aromatic amines is 1. The van der Waals surface area contributed by atoms with E-state index in [1.165, 1.54) is 0 Å². The number of primary amides is 2. The Morgan fingerprint density at radius 3 is 2.39 bits per heavy atom. The summed E-state index contributed by atoms with van der Waals surface area (Å²) < 4.78 is 27.8. The van der Waals surface area contributed by atoms with Crippen molar-refractivity contribution < 1.29 is 18.0 Å². The predicted octanol–water partition coefficient (Wildman–Crippen LogP) is 2.32. The molecule has 2 aromatic carbocycles. The summed E-state index contributed by atoms with van der Waals surface area (Å²) in [5.74, 6) is -0.581. The number of likely N-dealkylation sites (tertiary alicyclic amines) is 1. The quantitative estimate of drug-likeness (QED) is 0.384. The first-order valence-electron chi connectivity index (χ1n) is 13.2. The topological polar surface area (TPSA) is 143 Å². The van der Waals surface area contributed by atoms with E-state index in [1.807, 2.05) is 47.5 Å². The minimum atomic E-state index is -3.44. The second-order valence-electron chi connectivity index (χ2n) is 10.4. The molecular weight excluding hydrogens is 502 g/mol. The number of rotatable bonds is 9. The number of nitrogens with two attached hydrogens (primary N) is 2. The van der Waals surface area contributed by atoms with Crippen LogP contribution in [-0.2, 0) is 26.0 Å². The minimum Gasteiger partial charge on any atom is -0.369 e. The molecule has 202 valence electrons.